The highest BCUT2D eigenvalue weighted by Gasteiger charge is 1.97. The number of rotatable bonds is 3. The Morgan fingerprint density at radius 2 is 2.14 bits per heavy atom. The van der Waals surface area contributed by atoms with E-state index in [2.05, 4.69) is 25.4 Å². The number of halogens is 1. The summed E-state index contributed by atoms with van der Waals surface area (Å²) in [5, 5.41) is -1.61. The summed E-state index contributed by atoms with van der Waals surface area (Å²) >= 11 is 2.75. The van der Waals surface area contributed by atoms with Crippen LogP contribution < -0.4 is 0 Å². The van der Waals surface area contributed by atoms with Crippen LogP contribution in [0.4, 0.5) is 0 Å². The van der Waals surface area contributed by atoms with Crippen molar-refractivity contribution in [2.45, 2.75) is 6.29 Å². The van der Waals surface area contributed by atoms with E-state index in [9.17, 15) is 0 Å². The molecule has 0 radical (unpaired) electrons. The Kier molecular flexibility index (Phi) is 2.80. The largest absolute Gasteiger partial charge is 0.355 e. The molecule has 7 heavy (non-hydrogen) atoms. The molecule has 0 rings (SSSR count). The second-order valence-electron chi connectivity index (χ2n) is 0.912. The Bertz CT molecular complexity index is 79.1. The molecule has 0 aromatic carbocycles. The fraction of sp³-hybridized carbons (Fsp3) is 1.00. The van der Waals surface area contributed by atoms with Gasteiger partial charge >= 0.3 is 0 Å². The molecule has 3 heteroatoms. The van der Waals surface area contributed by atoms with Gasteiger partial charge in [0.2, 0.25) is 0 Å². The van der Waals surface area contributed by atoms with Crippen LogP contribution >= 0.6 is 15.9 Å². The zero-order valence-electron chi connectivity index (χ0n) is 6.27. The van der Waals surface area contributed by atoms with E-state index in [1.165, 1.54) is 14.2 Å². The SMILES string of the molecule is [2H]C([2H])(Br)C(OC)OC. The van der Waals surface area contributed by atoms with Crippen LogP contribution in [-0.4, -0.2) is 25.8 Å². The van der Waals surface area contributed by atoms with Crippen LogP contribution in [0.5, 0.6) is 0 Å². The number of methoxy groups -OCH3 is 2. The van der Waals surface area contributed by atoms with Gasteiger partial charge in [0.25, 0.3) is 0 Å². The number of alkyl halides is 1. The Hall–Kier alpha value is 0.400. The third kappa shape index (κ3) is 3.02. The van der Waals surface area contributed by atoms with Crippen molar-refractivity contribution in [1.29, 1.82) is 0 Å². The monoisotopic (exact) mass is 170 g/mol. The van der Waals surface area contributed by atoms with E-state index in [-0.39, 0.29) is 0 Å². The molecule has 0 aliphatic heterocycles. The maximum absolute atomic E-state index is 7.02. The maximum Gasteiger partial charge on any atom is 0.166 e. The van der Waals surface area contributed by atoms with Gasteiger partial charge in [-0.05, 0) is 0 Å². The Balaban J connectivity index is 3.79. The lowest BCUT2D eigenvalue weighted by Crippen LogP contribution is -2.13. The second-order valence-corrected chi connectivity index (χ2v) is 1.37. The first kappa shape index (κ1) is 4.30. The first-order valence-corrected chi connectivity index (χ1v) is 2.56. The van der Waals surface area contributed by atoms with E-state index in [4.69, 9.17) is 2.74 Å². The van der Waals surface area contributed by atoms with Crippen molar-refractivity contribution in [2.75, 3.05) is 19.5 Å². The number of ether oxygens (including phenoxy) is 2. The van der Waals surface area contributed by atoms with Crippen molar-refractivity contribution in [1.82, 2.24) is 0 Å². The Labute approximate surface area is 54.7 Å². The molecule has 2 nitrogen and oxygen atoms in total. The summed E-state index contributed by atoms with van der Waals surface area (Å²) in [5.41, 5.74) is 0. The van der Waals surface area contributed by atoms with Gasteiger partial charge in [0.1, 0.15) is 0 Å². The molecule has 0 spiro atoms. The molecule has 0 aromatic rings. The molecule has 0 heterocycles. The summed E-state index contributed by atoms with van der Waals surface area (Å²) in [7, 11) is 2.76. The summed E-state index contributed by atoms with van der Waals surface area (Å²) in [6, 6.07) is 0. The van der Waals surface area contributed by atoms with Crippen LogP contribution in [0.1, 0.15) is 2.74 Å². The van der Waals surface area contributed by atoms with Crippen molar-refractivity contribution >= 4 is 15.9 Å². The molecule has 0 amide bonds. The molecular formula is C4H9BrO2. The van der Waals surface area contributed by atoms with E-state index in [1.54, 1.807) is 0 Å². The summed E-state index contributed by atoms with van der Waals surface area (Å²) in [4.78, 5) is 0. The molecule has 0 unspecified atom stereocenters. The van der Waals surface area contributed by atoms with E-state index in [0.29, 0.717) is 0 Å². The van der Waals surface area contributed by atoms with Gasteiger partial charge in [-0.3, -0.25) is 0 Å². The Morgan fingerprint density at radius 1 is 1.71 bits per heavy atom. The highest BCUT2D eigenvalue weighted by atomic mass is 79.9. The lowest BCUT2D eigenvalue weighted by Gasteiger charge is -2.07. The van der Waals surface area contributed by atoms with Crippen molar-refractivity contribution < 1.29 is 12.2 Å². The highest BCUT2D eigenvalue weighted by Crippen LogP contribution is 1.93. The van der Waals surface area contributed by atoms with Crippen molar-refractivity contribution in [3.05, 3.63) is 0 Å². The molecule has 0 atom stereocenters. The molecular weight excluding hydrogens is 160 g/mol. The predicted octanol–water partition coefficient (Wildman–Crippen LogP) is 1.00. The third-order valence-electron chi connectivity index (χ3n) is 0.517. The van der Waals surface area contributed by atoms with Gasteiger partial charge < -0.3 is 9.47 Å². The van der Waals surface area contributed by atoms with Gasteiger partial charge in [-0.25, -0.2) is 0 Å². The van der Waals surface area contributed by atoms with E-state index in [0.717, 1.165) is 0 Å². The van der Waals surface area contributed by atoms with Crippen molar-refractivity contribution in [3.63, 3.8) is 0 Å². The topological polar surface area (TPSA) is 18.5 Å². The minimum Gasteiger partial charge on any atom is -0.355 e. The number of hydrogen-bond acceptors (Lipinski definition) is 2. The summed E-state index contributed by atoms with van der Waals surface area (Å²) in [6.45, 7) is 0. The Morgan fingerprint density at radius 3 is 2.14 bits per heavy atom. The average molecular weight is 171 g/mol. The molecule has 0 saturated heterocycles. The highest BCUT2D eigenvalue weighted by molar-refractivity contribution is 9.09. The third-order valence-corrected chi connectivity index (χ3v) is 0.891. The van der Waals surface area contributed by atoms with Crippen molar-refractivity contribution in [2.24, 2.45) is 0 Å². The molecule has 0 saturated carbocycles. The standard InChI is InChI=1S/C4H9BrO2/c1-6-4(3-5)7-2/h4H,3H2,1-2H3/i3D2. The van der Waals surface area contributed by atoms with Crippen LogP contribution in [0.15, 0.2) is 0 Å². The fourth-order valence-electron chi connectivity index (χ4n) is 0.185. The first-order valence-electron chi connectivity index (χ1n) is 2.77. The van der Waals surface area contributed by atoms with Gasteiger partial charge in [-0.2, -0.15) is 0 Å². The van der Waals surface area contributed by atoms with E-state index >= 15 is 0 Å². The lowest BCUT2D eigenvalue weighted by atomic mass is 10.8. The van der Waals surface area contributed by atoms with Gasteiger partial charge in [-0.1, -0.05) is 15.9 Å². The number of hydrogen-bond donors (Lipinski definition) is 0. The van der Waals surface area contributed by atoms with Crippen LogP contribution in [0.25, 0.3) is 0 Å². The average Bonchev–Trinajstić information content (AvgIpc) is 1.65. The van der Waals surface area contributed by atoms with Gasteiger partial charge in [0, 0.05) is 17.0 Å². The maximum atomic E-state index is 7.02. The molecule has 0 aliphatic carbocycles. The van der Waals surface area contributed by atoms with Gasteiger partial charge in [-0.15, -0.1) is 0 Å². The fourth-order valence-corrected chi connectivity index (χ4v) is 0.559. The van der Waals surface area contributed by atoms with Gasteiger partial charge in [0.05, 0.1) is 5.28 Å². The molecule has 44 valence electrons. The summed E-state index contributed by atoms with van der Waals surface area (Å²) < 4.78 is 23.3. The lowest BCUT2D eigenvalue weighted by molar-refractivity contribution is -0.0834. The van der Waals surface area contributed by atoms with E-state index < -0.39 is 11.6 Å². The van der Waals surface area contributed by atoms with Crippen LogP contribution in [0, 0.1) is 0 Å². The summed E-state index contributed by atoms with van der Waals surface area (Å²) in [6.07, 6.45) is -0.850. The molecule has 0 N–H and O–H groups in total. The van der Waals surface area contributed by atoms with Crippen LogP contribution in [-0.2, 0) is 9.47 Å². The van der Waals surface area contributed by atoms with Crippen LogP contribution in [0.3, 0.4) is 0 Å². The zero-order chi connectivity index (χ0) is 7.49. The molecule has 0 bridgehead atoms. The van der Waals surface area contributed by atoms with Crippen molar-refractivity contribution in [3.8, 4) is 0 Å². The van der Waals surface area contributed by atoms with E-state index in [1.807, 2.05) is 0 Å². The molecule has 0 aromatic heterocycles. The minimum absolute atomic E-state index is 0.850. The smallest absolute Gasteiger partial charge is 0.166 e. The van der Waals surface area contributed by atoms with Gasteiger partial charge in [0.15, 0.2) is 6.29 Å². The second kappa shape index (κ2) is 4.56. The predicted molar refractivity (Wildman–Crippen MR) is 31.6 cm³/mol. The van der Waals surface area contributed by atoms with Crippen LogP contribution in [0.2, 0.25) is 0 Å². The normalized spacial score (nSPS) is 16.6. The first-order chi connectivity index (χ1) is 4.02. The summed E-state index contributed by atoms with van der Waals surface area (Å²) in [5.74, 6) is 0. The molecule has 0 fully saturated rings. The molecule has 0 aliphatic rings. The minimum atomic E-state index is -1.61. The quantitative estimate of drug-likeness (QED) is 0.465. The zero-order valence-corrected chi connectivity index (χ0v) is 5.86.